The van der Waals surface area contributed by atoms with Gasteiger partial charge in [0.05, 0.1) is 5.69 Å². The molecule has 0 spiro atoms. The first-order valence-corrected chi connectivity index (χ1v) is 8.03. The molecule has 2 aromatic carbocycles. The number of nitriles is 1. The Morgan fingerprint density at radius 3 is 2.54 bits per heavy atom. The van der Waals surface area contributed by atoms with E-state index in [0.717, 1.165) is 10.0 Å². The van der Waals surface area contributed by atoms with Crippen molar-refractivity contribution in [2.45, 2.75) is 6.92 Å². The highest BCUT2D eigenvalue weighted by molar-refractivity contribution is 9.10. The summed E-state index contributed by atoms with van der Waals surface area (Å²) in [4.78, 5) is 4.37. The van der Waals surface area contributed by atoms with E-state index in [0.29, 0.717) is 22.4 Å². The number of hydrogen-bond acceptors (Lipinski definition) is 3. The summed E-state index contributed by atoms with van der Waals surface area (Å²) in [6, 6.07) is 16.2. The maximum Gasteiger partial charge on any atom is 0.142 e. The topological polar surface area (TPSA) is 62.7 Å². The van der Waals surface area contributed by atoms with Gasteiger partial charge in [-0.05, 0) is 30.7 Å². The molecule has 0 radical (unpaired) electrons. The van der Waals surface area contributed by atoms with E-state index in [1.165, 1.54) is 6.07 Å². The molecule has 1 aromatic heterocycles. The Hall–Kier alpha value is -2.71. The van der Waals surface area contributed by atoms with Gasteiger partial charge < -0.3 is 5.73 Å². The van der Waals surface area contributed by atoms with E-state index >= 15 is 0 Å². The van der Waals surface area contributed by atoms with Crippen LogP contribution in [0.1, 0.15) is 11.1 Å². The quantitative estimate of drug-likeness (QED) is 0.672. The Morgan fingerprint density at radius 2 is 1.88 bits per heavy atom. The van der Waals surface area contributed by atoms with Crippen LogP contribution in [0.3, 0.4) is 0 Å². The Kier molecular flexibility index (Phi) is 4.32. The summed E-state index contributed by atoms with van der Waals surface area (Å²) in [5, 5.41) is 9.50. The molecule has 3 nitrogen and oxygen atoms in total. The van der Waals surface area contributed by atoms with Crippen LogP contribution in [-0.4, -0.2) is 4.98 Å². The molecule has 0 atom stereocenters. The standard InChI is InChI=1S/C19H13BrFN3/c1-11-17(14-9-13(20)7-8-16(14)21)15(10-22)19(23)24-18(11)12-5-3-2-4-6-12/h2-9H,1H3,(H2,23,24). The Balaban J connectivity index is 2.39. The lowest BCUT2D eigenvalue weighted by atomic mass is 9.92. The molecule has 1 heterocycles. The molecular weight excluding hydrogens is 369 g/mol. The van der Waals surface area contributed by atoms with Crippen molar-refractivity contribution >= 4 is 21.7 Å². The largest absolute Gasteiger partial charge is 0.383 e. The highest BCUT2D eigenvalue weighted by Crippen LogP contribution is 2.37. The third kappa shape index (κ3) is 2.77. The van der Waals surface area contributed by atoms with E-state index in [2.05, 4.69) is 27.0 Å². The lowest BCUT2D eigenvalue weighted by molar-refractivity contribution is 0.631. The molecule has 118 valence electrons. The van der Waals surface area contributed by atoms with Gasteiger partial charge in [0.25, 0.3) is 0 Å². The van der Waals surface area contributed by atoms with Crippen LogP contribution < -0.4 is 5.73 Å². The van der Waals surface area contributed by atoms with Crippen molar-refractivity contribution in [3.63, 3.8) is 0 Å². The number of pyridine rings is 1. The van der Waals surface area contributed by atoms with Crippen molar-refractivity contribution < 1.29 is 4.39 Å². The van der Waals surface area contributed by atoms with Crippen LogP contribution in [-0.2, 0) is 0 Å². The first kappa shape index (κ1) is 16.2. The van der Waals surface area contributed by atoms with Gasteiger partial charge in [0.15, 0.2) is 0 Å². The molecule has 0 bridgehead atoms. The van der Waals surface area contributed by atoms with Crippen molar-refractivity contribution in [1.82, 2.24) is 4.98 Å². The number of nitrogens with two attached hydrogens (primary N) is 1. The number of anilines is 1. The zero-order valence-electron chi connectivity index (χ0n) is 12.8. The van der Waals surface area contributed by atoms with Crippen LogP contribution in [0.5, 0.6) is 0 Å². The van der Waals surface area contributed by atoms with Crippen LogP contribution in [0.2, 0.25) is 0 Å². The fraction of sp³-hybridized carbons (Fsp3) is 0.0526. The molecule has 0 aliphatic heterocycles. The summed E-state index contributed by atoms with van der Waals surface area (Å²) >= 11 is 3.35. The lowest BCUT2D eigenvalue weighted by Crippen LogP contribution is -2.04. The second kappa shape index (κ2) is 6.42. The summed E-state index contributed by atoms with van der Waals surface area (Å²) in [5.74, 6) is -0.321. The van der Waals surface area contributed by atoms with Gasteiger partial charge in [-0.25, -0.2) is 9.37 Å². The van der Waals surface area contributed by atoms with Crippen molar-refractivity contribution in [3.05, 3.63) is 69.9 Å². The molecule has 2 N–H and O–H groups in total. The SMILES string of the molecule is Cc1c(-c2ccccc2)nc(N)c(C#N)c1-c1cc(Br)ccc1F. The average molecular weight is 382 g/mol. The monoisotopic (exact) mass is 381 g/mol. The Morgan fingerprint density at radius 1 is 1.17 bits per heavy atom. The Bertz CT molecular complexity index is 963. The van der Waals surface area contributed by atoms with Gasteiger partial charge >= 0.3 is 0 Å². The van der Waals surface area contributed by atoms with E-state index < -0.39 is 5.82 Å². The minimum atomic E-state index is -0.414. The molecular formula is C19H13BrFN3. The molecule has 0 saturated heterocycles. The van der Waals surface area contributed by atoms with E-state index in [9.17, 15) is 9.65 Å². The van der Waals surface area contributed by atoms with Gasteiger partial charge in [-0.15, -0.1) is 0 Å². The summed E-state index contributed by atoms with van der Waals surface area (Å²) in [7, 11) is 0. The fourth-order valence-electron chi connectivity index (χ4n) is 2.71. The zero-order valence-corrected chi connectivity index (χ0v) is 14.4. The van der Waals surface area contributed by atoms with E-state index in [-0.39, 0.29) is 11.4 Å². The second-order valence-corrected chi connectivity index (χ2v) is 6.24. The molecule has 0 aliphatic carbocycles. The fourth-order valence-corrected chi connectivity index (χ4v) is 3.07. The van der Waals surface area contributed by atoms with Gasteiger partial charge in [0.1, 0.15) is 23.3 Å². The van der Waals surface area contributed by atoms with Crippen LogP contribution in [0.4, 0.5) is 10.2 Å². The highest BCUT2D eigenvalue weighted by Gasteiger charge is 2.20. The molecule has 0 aliphatic rings. The van der Waals surface area contributed by atoms with Crippen LogP contribution in [0.15, 0.2) is 53.0 Å². The summed E-state index contributed by atoms with van der Waals surface area (Å²) in [5.41, 5.74) is 9.20. The number of nitrogen functional groups attached to an aromatic ring is 1. The number of nitrogens with zero attached hydrogens (tertiary/aromatic N) is 2. The number of rotatable bonds is 2. The van der Waals surface area contributed by atoms with E-state index in [4.69, 9.17) is 5.73 Å². The van der Waals surface area contributed by atoms with Crippen molar-refractivity contribution in [2.75, 3.05) is 5.73 Å². The van der Waals surface area contributed by atoms with Gasteiger partial charge in [0.2, 0.25) is 0 Å². The van der Waals surface area contributed by atoms with Crippen molar-refractivity contribution in [3.8, 4) is 28.5 Å². The molecule has 5 heteroatoms. The third-order valence-corrected chi connectivity index (χ3v) is 4.32. The van der Waals surface area contributed by atoms with Crippen molar-refractivity contribution in [2.24, 2.45) is 0 Å². The maximum absolute atomic E-state index is 14.4. The van der Waals surface area contributed by atoms with E-state index in [1.807, 2.05) is 37.3 Å². The smallest absolute Gasteiger partial charge is 0.142 e. The molecule has 0 unspecified atom stereocenters. The molecule has 0 fully saturated rings. The second-order valence-electron chi connectivity index (χ2n) is 5.32. The molecule has 0 saturated carbocycles. The number of aromatic nitrogens is 1. The number of halogens is 2. The normalized spacial score (nSPS) is 10.4. The first-order chi connectivity index (χ1) is 11.5. The zero-order chi connectivity index (χ0) is 17.3. The van der Waals surface area contributed by atoms with Gasteiger partial charge in [-0.3, -0.25) is 0 Å². The molecule has 0 amide bonds. The lowest BCUT2D eigenvalue weighted by Gasteiger charge is -2.15. The minimum Gasteiger partial charge on any atom is -0.383 e. The third-order valence-electron chi connectivity index (χ3n) is 3.83. The number of hydrogen-bond donors (Lipinski definition) is 1. The predicted octanol–water partition coefficient (Wildman–Crippen LogP) is 5.08. The van der Waals surface area contributed by atoms with Gasteiger partial charge in [-0.1, -0.05) is 46.3 Å². The van der Waals surface area contributed by atoms with Gasteiger partial charge in [-0.2, -0.15) is 5.26 Å². The highest BCUT2D eigenvalue weighted by atomic mass is 79.9. The first-order valence-electron chi connectivity index (χ1n) is 7.24. The molecule has 24 heavy (non-hydrogen) atoms. The minimum absolute atomic E-state index is 0.0938. The molecule has 3 aromatic rings. The van der Waals surface area contributed by atoms with Gasteiger partial charge in [0, 0.05) is 21.2 Å². The summed E-state index contributed by atoms with van der Waals surface area (Å²) < 4.78 is 15.1. The molecule has 3 rings (SSSR count). The van der Waals surface area contributed by atoms with E-state index in [1.54, 1.807) is 12.1 Å². The maximum atomic E-state index is 14.4. The van der Waals surface area contributed by atoms with Crippen LogP contribution in [0, 0.1) is 24.1 Å². The number of benzene rings is 2. The summed E-state index contributed by atoms with van der Waals surface area (Å²) in [6.45, 7) is 1.82. The Labute approximate surface area is 147 Å². The average Bonchev–Trinajstić information content (AvgIpc) is 2.59. The van der Waals surface area contributed by atoms with Crippen LogP contribution >= 0.6 is 15.9 Å². The van der Waals surface area contributed by atoms with Crippen LogP contribution in [0.25, 0.3) is 22.4 Å². The predicted molar refractivity (Wildman–Crippen MR) is 96.6 cm³/mol. The summed E-state index contributed by atoms with van der Waals surface area (Å²) in [6.07, 6.45) is 0. The van der Waals surface area contributed by atoms with Crippen molar-refractivity contribution in [1.29, 1.82) is 5.26 Å².